The molecule has 0 aromatic carbocycles. The maximum Gasteiger partial charge on any atom is 0.222 e. The lowest BCUT2D eigenvalue weighted by Crippen LogP contribution is -2.43. The van der Waals surface area contributed by atoms with Gasteiger partial charge in [0.2, 0.25) is 5.95 Å². The van der Waals surface area contributed by atoms with Crippen LogP contribution in [-0.4, -0.2) is 26.3 Å². The number of aryl methyl sites for hydroxylation is 1. The first-order valence-electron chi connectivity index (χ1n) is 7.80. The maximum atomic E-state index is 14.2. The Morgan fingerprint density at radius 1 is 1.35 bits per heavy atom. The summed E-state index contributed by atoms with van der Waals surface area (Å²) in [5, 5.41) is 4.73. The molecule has 0 spiro atoms. The Morgan fingerprint density at radius 2 is 2.04 bits per heavy atom. The quantitative estimate of drug-likeness (QED) is 0.920. The number of rotatable bonds is 2. The van der Waals surface area contributed by atoms with Crippen molar-refractivity contribution < 1.29 is 4.39 Å². The van der Waals surface area contributed by atoms with Crippen LogP contribution in [0.2, 0.25) is 0 Å². The minimum absolute atomic E-state index is 0.0836. The van der Waals surface area contributed by atoms with Crippen molar-refractivity contribution in [2.75, 3.05) is 17.2 Å². The van der Waals surface area contributed by atoms with Gasteiger partial charge in [-0.25, -0.2) is 9.37 Å². The van der Waals surface area contributed by atoms with Gasteiger partial charge in [-0.3, -0.25) is 4.68 Å². The van der Waals surface area contributed by atoms with Crippen molar-refractivity contribution in [2.45, 2.75) is 45.6 Å². The smallest absolute Gasteiger partial charge is 0.222 e. The third-order valence-corrected chi connectivity index (χ3v) is 4.36. The number of halogens is 1. The van der Waals surface area contributed by atoms with Gasteiger partial charge in [0.05, 0.1) is 11.9 Å². The minimum atomic E-state index is -0.451. The van der Waals surface area contributed by atoms with Gasteiger partial charge in [-0.05, 0) is 5.92 Å². The van der Waals surface area contributed by atoms with E-state index in [0.29, 0.717) is 19.0 Å². The molecule has 23 heavy (non-hydrogen) atoms. The lowest BCUT2D eigenvalue weighted by molar-refractivity contribution is 0.452. The Labute approximate surface area is 135 Å². The van der Waals surface area contributed by atoms with Crippen molar-refractivity contribution in [1.29, 1.82) is 0 Å². The van der Waals surface area contributed by atoms with Crippen LogP contribution in [0.15, 0.2) is 6.20 Å². The predicted octanol–water partition coefficient (Wildman–Crippen LogP) is 2.35. The molecule has 6 nitrogen and oxygen atoms in total. The Balaban J connectivity index is 2.11. The second kappa shape index (κ2) is 5.18. The zero-order chi connectivity index (χ0) is 16.9. The van der Waals surface area contributed by atoms with Crippen molar-refractivity contribution in [3.63, 3.8) is 0 Å². The first-order chi connectivity index (χ1) is 10.7. The summed E-state index contributed by atoms with van der Waals surface area (Å²) in [6.07, 6.45) is 1.13. The number of hydrogen-bond donors (Lipinski definition) is 1. The van der Waals surface area contributed by atoms with E-state index in [2.05, 4.69) is 37.7 Å². The summed E-state index contributed by atoms with van der Waals surface area (Å²) in [6, 6.07) is 0. The summed E-state index contributed by atoms with van der Waals surface area (Å²) in [5.41, 5.74) is 8.87. The fraction of sp³-hybridized carbons (Fsp3) is 0.562. The van der Waals surface area contributed by atoms with Gasteiger partial charge in [-0.1, -0.05) is 27.7 Å². The number of fused-ring (bicyclic) bond motifs is 1. The lowest BCUT2D eigenvalue weighted by atomic mass is 9.81. The van der Waals surface area contributed by atoms with E-state index in [4.69, 9.17) is 10.8 Å². The van der Waals surface area contributed by atoms with E-state index in [1.54, 1.807) is 0 Å². The highest BCUT2D eigenvalue weighted by Crippen LogP contribution is 2.38. The van der Waals surface area contributed by atoms with Crippen LogP contribution in [0.3, 0.4) is 0 Å². The Bertz CT molecular complexity index is 749. The third kappa shape index (κ3) is 2.54. The van der Waals surface area contributed by atoms with E-state index in [1.165, 1.54) is 5.69 Å². The van der Waals surface area contributed by atoms with Gasteiger partial charge >= 0.3 is 0 Å². The maximum absolute atomic E-state index is 14.2. The first kappa shape index (κ1) is 15.7. The Hall–Kier alpha value is -2.18. The molecule has 1 aliphatic rings. The van der Waals surface area contributed by atoms with Crippen LogP contribution in [0.25, 0.3) is 0 Å². The topological polar surface area (TPSA) is 72.9 Å². The van der Waals surface area contributed by atoms with Gasteiger partial charge in [-0.2, -0.15) is 10.1 Å². The Morgan fingerprint density at radius 3 is 2.70 bits per heavy atom. The number of nitrogens with two attached hydrogens (primary N) is 1. The predicted molar refractivity (Wildman–Crippen MR) is 87.8 cm³/mol. The minimum Gasteiger partial charge on any atom is -0.368 e. The summed E-state index contributed by atoms with van der Waals surface area (Å²) < 4.78 is 16.2. The largest absolute Gasteiger partial charge is 0.368 e. The van der Waals surface area contributed by atoms with Crippen LogP contribution >= 0.6 is 0 Å². The molecule has 3 rings (SSSR count). The highest BCUT2D eigenvalue weighted by atomic mass is 19.1. The molecule has 0 aliphatic carbocycles. The number of nitrogen functional groups attached to an aromatic ring is 1. The molecular weight excluding hydrogens is 295 g/mol. The first-order valence-corrected chi connectivity index (χ1v) is 7.80. The van der Waals surface area contributed by atoms with Crippen molar-refractivity contribution in [3.8, 4) is 0 Å². The monoisotopic (exact) mass is 318 g/mol. The van der Waals surface area contributed by atoms with Gasteiger partial charge in [0, 0.05) is 36.8 Å². The molecule has 0 unspecified atom stereocenters. The summed E-state index contributed by atoms with van der Waals surface area (Å²) in [5.74, 6) is 0.232. The number of anilines is 2. The molecule has 7 heteroatoms. The molecule has 0 fully saturated rings. The zero-order valence-corrected chi connectivity index (χ0v) is 14.3. The molecule has 0 saturated carbocycles. The van der Waals surface area contributed by atoms with Gasteiger partial charge in [-0.15, -0.1) is 0 Å². The normalized spacial score (nSPS) is 16.7. The number of aromatic nitrogens is 4. The van der Waals surface area contributed by atoms with Crippen LogP contribution in [0, 0.1) is 5.82 Å². The highest BCUT2D eigenvalue weighted by Gasteiger charge is 2.38. The van der Waals surface area contributed by atoms with Crippen LogP contribution in [0.4, 0.5) is 16.2 Å². The highest BCUT2D eigenvalue weighted by molar-refractivity contribution is 5.49. The van der Waals surface area contributed by atoms with E-state index in [0.717, 1.165) is 17.5 Å². The molecule has 0 radical (unpaired) electrons. The van der Waals surface area contributed by atoms with Crippen molar-refractivity contribution in [2.24, 2.45) is 7.05 Å². The van der Waals surface area contributed by atoms with E-state index < -0.39 is 5.82 Å². The van der Waals surface area contributed by atoms with Gasteiger partial charge < -0.3 is 10.6 Å². The van der Waals surface area contributed by atoms with Gasteiger partial charge in [0.1, 0.15) is 0 Å². The standard InChI is InChI=1S/C16H23FN6/c1-9(2)12-10-7-23(14-11(17)6-19-15(18)20-14)8-16(3,4)13(10)21-22(12)5/h6,9H,7-8H2,1-5H3,(H2,18,19,20). The molecule has 1 aliphatic heterocycles. The molecular formula is C16H23FN6. The summed E-state index contributed by atoms with van der Waals surface area (Å²) in [7, 11) is 1.97. The van der Waals surface area contributed by atoms with Crippen molar-refractivity contribution >= 4 is 11.8 Å². The molecule has 0 amide bonds. The van der Waals surface area contributed by atoms with Gasteiger partial charge in [0.25, 0.3) is 0 Å². The number of hydrogen-bond acceptors (Lipinski definition) is 5. The molecule has 0 atom stereocenters. The van der Waals surface area contributed by atoms with Crippen molar-refractivity contribution in [1.82, 2.24) is 19.7 Å². The molecule has 2 aromatic rings. The number of nitrogens with zero attached hydrogens (tertiary/aromatic N) is 5. The summed E-state index contributed by atoms with van der Waals surface area (Å²) in [4.78, 5) is 9.75. The molecule has 0 saturated heterocycles. The second-order valence-electron chi connectivity index (χ2n) is 7.13. The van der Waals surface area contributed by atoms with Gasteiger partial charge in [0.15, 0.2) is 11.6 Å². The summed E-state index contributed by atoms with van der Waals surface area (Å²) >= 11 is 0. The van der Waals surface area contributed by atoms with E-state index in [9.17, 15) is 4.39 Å². The fourth-order valence-electron chi connectivity index (χ4n) is 3.54. The SMILES string of the molecule is CC(C)c1c2c(nn1C)C(C)(C)CN(c1nc(N)ncc1F)C2. The molecule has 0 bridgehead atoms. The molecule has 124 valence electrons. The van der Waals surface area contributed by atoms with E-state index >= 15 is 0 Å². The van der Waals surface area contributed by atoms with E-state index in [1.807, 2.05) is 16.6 Å². The van der Waals surface area contributed by atoms with Crippen LogP contribution in [0.1, 0.15) is 50.6 Å². The summed E-state index contributed by atoms with van der Waals surface area (Å²) in [6.45, 7) is 9.74. The average molecular weight is 318 g/mol. The molecule has 2 N–H and O–H groups in total. The lowest BCUT2D eigenvalue weighted by Gasteiger charge is -2.38. The molecule has 3 heterocycles. The molecule has 2 aromatic heterocycles. The van der Waals surface area contributed by atoms with E-state index in [-0.39, 0.29) is 17.2 Å². The van der Waals surface area contributed by atoms with Crippen LogP contribution in [-0.2, 0) is 19.0 Å². The average Bonchev–Trinajstić information content (AvgIpc) is 2.78. The van der Waals surface area contributed by atoms with Crippen LogP contribution in [0.5, 0.6) is 0 Å². The third-order valence-electron chi connectivity index (χ3n) is 4.36. The zero-order valence-electron chi connectivity index (χ0n) is 14.3. The Kier molecular flexibility index (Phi) is 3.54. The second-order valence-corrected chi connectivity index (χ2v) is 7.13. The fourth-order valence-corrected chi connectivity index (χ4v) is 3.54. The van der Waals surface area contributed by atoms with Crippen LogP contribution < -0.4 is 10.6 Å². The van der Waals surface area contributed by atoms with Crippen molar-refractivity contribution in [3.05, 3.63) is 29.0 Å².